The molecule has 0 bridgehead atoms. The zero-order valence-corrected chi connectivity index (χ0v) is 12.2. The zero-order chi connectivity index (χ0) is 14.0. The predicted octanol–water partition coefficient (Wildman–Crippen LogP) is 3.73. The molecule has 0 unspecified atom stereocenters. The lowest BCUT2D eigenvalue weighted by Crippen LogP contribution is -2.21. The van der Waals surface area contributed by atoms with Crippen LogP contribution in [-0.4, -0.2) is 13.2 Å². The van der Waals surface area contributed by atoms with Crippen molar-refractivity contribution in [1.29, 1.82) is 0 Å². The van der Waals surface area contributed by atoms with Crippen molar-refractivity contribution in [2.75, 3.05) is 7.11 Å². The maximum Gasteiger partial charge on any atom is 0.235 e. The van der Waals surface area contributed by atoms with E-state index in [1.165, 1.54) is 11.1 Å². The summed E-state index contributed by atoms with van der Waals surface area (Å²) in [5.41, 5.74) is 4.25. The third kappa shape index (κ3) is 2.19. The molecule has 1 aromatic rings. The first-order valence-corrected chi connectivity index (χ1v) is 6.80. The van der Waals surface area contributed by atoms with E-state index in [1.807, 2.05) is 6.92 Å². The second kappa shape index (κ2) is 5.18. The highest BCUT2D eigenvalue weighted by Gasteiger charge is 2.37. The van der Waals surface area contributed by atoms with E-state index in [2.05, 4.69) is 24.9 Å². The van der Waals surface area contributed by atoms with E-state index in [4.69, 9.17) is 4.74 Å². The van der Waals surface area contributed by atoms with Gasteiger partial charge in [0.2, 0.25) is 6.08 Å². The molecule has 0 aliphatic heterocycles. The molecule has 0 spiro atoms. The molecular weight excluding hydrogens is 238 g/mol. The van der Waals surface area contributed by atoms with Gasteiger partial charge in [0.05, 0.1) is 12.6 Å². The van der Waals surface area contributed by atoms with Gasteiger partial charge in [0.15, 0.2) is 0 Å². The molecular formula is C16H21NO2. The van der Waals surface area contributed by atoms with Gasteiger partial charge in [0.1, 0.15) is 5.75 Å². The monoisotopic (exact) mass is 259 g/mol. The number of hydrogen-bond donors (Lipinski definition) is 0. The molecule has 3 nitrogen and oxygen atoms in total. The third-order valence-corrected chi connectivity index (χ3v) is 4.42. The molecule has 102 valence electrons. The van der Waals surface area contributed by atoms with Crippen molar-refractivity contribution in [3.8, 4) is 5.75 Å². The van der Waals surface area contributed by atoms with Crippen LogP contribution in [0.5, 0.6) is 5.75 Å². The van der Waals surface area contributed by atoms with Gasteiger partial charge in [-0.2, -0.15) is 4.99 Å². The Morgan fingerprint density at radius 3 is 2.37 bits per heavy atom. The lowest BCUT2D eigenvalue weighted by atomic mass is 9.83. The molecule has 19 heavy (non-hydrogen) atoms. The summed E-state index contributed by atoms with van der Waals surface area (Å²) in [5.74, 6) is 0.935. The fraction of sp³-hybridized carbons (Fsp3) is 0.562. The lowest BCUT2D eigenvalue weighted by Gasteiger charge is -2.27. The van der Waals surface area contributed by atoms with Gasteiger partial charge >= 0.3 is 0 Å². The van der Waals surface area contributed by atoms with Crippen LogP contribution in [0.15, 0.2) is 11.1 Å². The first kappa shape index (κ1) is 13.8. The van der Waals surface area contributed by atoms with Crippen LogP contribution >= 0.6 is 0 Å². The van der Waals surface area contributed by atoms with Gasteiger partial charge in [-0.25, -0.2) is 4.79 Å². The van der Waals surface area contributed by atoms with Crippen molar-refractivity contribution in [2.24, 2.45) is 4.99 Å². The second-order valence-corrected chi connectivity index (χ2v) is 5.47. The molecule has 1 saturated carbocycles. The number of rotatable bonds is 3. The number of isocyanates is 1. The van der Waals surface area contributed by atoms with Crippen molar-refractivity contribution in [1.82, 2.24) is 0 Å². The van der Waals surface area contributed by atoms with Crippen LogP contribution in [0.25, 0.3) is 0 Å². The fourth-order valence-electron chi connectivity index (χ4n) is 3.34. The van der Waals surface area contributed by atoms with Crippen molar-refractivity contribution in [2.45, 2.75) is 52.0 Å². The van der Waals surface area contributed by atoms with Crippen LogP contribution in [0, 0.1) is 20.8 Å². The maximum atomic E-state index is 10.8. The van der Waals surface area contributed by atoms with E-state index in [-0.39, 0.29) is 5.54 Å². The second-order valence-electron chi connectivity index (χ2n) is 5.47. The van der Waals surface area contributed by atoms with Crippen molar-refractivity contribution in [3.05, 3.63) is 28.3 Å². The fourth-order valence-corrected chi connectivity index (χ4v) is 3.34. The molecule has 1 aliphatic rings. The zero-order valence-electron chi connectivity index (χ0n) is 12.2. The van der Waals surface area contributed by atoms with Crippen molar-refractivity contribution in [3.63, 3.8) is 0 Å². The quantitative estimate of drug-likeness (QED) is 0.613. The van der Waals surface area contributed by atoms with E-state index in [9.17, 15) is 4.79 Å². The van der Waals surface area contributed by atoms with Crippen LogP contribution in [0.4, 0.5) is 0 Å². The Morgan fingerprint density at radius 1 is 1.21 bits per heavy atom. The van der Waals surface area contributed by atoms with E-state index < -0.39 is 0 Å². The Bertz CT molecular complexity index is 536. The van der Waals surface area contributed by atoms with Gasteiger partial charge in [-0.1, -0.05) is 12.8 Å². The van der Waals surface area contributed by atoms with Crippen molar-refractivity contribution < 1.29 is 9.53 Å². The Labute approximate surface area is 114 Å². The lowest BCUT2D eigenvalue weighted by molar-refractivity contribution is 0.405. The van der Waals surface area contributed by atoms with Crippen molar-refractivity contribution >= 4 is 6.08 Å². The Morgan fingerprint density at radius 2 is 1.84 bits per heavy atom. The number of nitrogens with zero attached hydrogens (tertiary/aromatic N) is 1. The molecule has 0 heterocycles. The summed E-state index contributed by atoms with van der Waals surface area (Å²) in [4.78, 5) is 15.0. The Balaban J connectivity index is 2.65. The molecule has 1 aromatic carbocycles. The number of hydrogen-bond acceptors (Lipinski definition) is 3. The van der Waals surface area contributed by atoms with E-state index in [1.54, 1.807) is 13.2 Å². The standard InChI is InChI=1S/C16H21NO2/c1-11-9-14(12(2)13(3)15(11)19-4)16(17-10-18)7-5-6-8-16/h9H,5-8H2,1-4H3. The molecule has 0 amide bonds. The largest absolute Gasteiger partial charge is 0.496 e. The summed E-state index contributed by atoms with van der Waals surface area (Å²) in [6, 6.07) is 2.13. The third-order valence-electron chi connectivity index (χ3n) is 4.42. The predicted molar refractivity (Wildman–Crippen MR) is 75.5 cm³/mol. The number of methoxy groups -OCH3 is 1. The van der Waals surface area contributed by atoms with Crippen LogP contribution in [0.2, 0.25) is 0 Å². The first-order chi connectivity index (χ1) is 9.05. The highest BCUT2D eigenvalue weighted by Crippen LogP contribution is 2.45. The highest BCUT2D eigenvalue weighted by atomic mass is 16.5. The molecule has 0 N–H and O–H groups in total. The Hall–Kier alpha value is -1.60. The number of aliphatic imine (C=N–C) groups is 1. The molecule has 1 aliphatic carbocycles. The van der Waals surface area contributed by atoms with Crippen LogP contribution in [0.1, 0.15) is 47.9 Å². The summed E-state index contributed by atoms with van der Waals surface area (Å²) < 4.78 is 5.46. The van der Waals surface area contributed by atoms with Gasteiger partial charge in [-0.05, 0) is 61.9 Å². The molecule has 0 saturated heterocycles. The summed E-state index contributed by atoms with van der Waals surface area (Å²) in [6.45, 7) is 6.20. The number of ether oxygens (including phenoxy) is 1. The minimum atomic E-state index is -0.354. The highest BCUT2D eigenvalue weighted by molar-refractivity contribution is 5.52. The number of aryl methyl sites for hydroxylation is 1. The van der Waals surface area contributed by atoms with Gasteiger partial charge in [0, 0.05) is 0 Å². The van der Waals surface area contributed by atoms with Crippen LogP contribution in [0.3, 0.4) is 0 Å². The molecule has 3 heteroatoms. The topological polar surface area (TPSA) is 38.7 Å². The number of carbonyl (C=O) groups excluding carboxylic acids is 1. The average molecular weight is 259 g/mol. The summed E-state index contributed by atoms with van der Waals surface area (Å²) in [7, 11) is 1.70. The van der Waals surface area contributed by atoms with E-state index in [0.29, 0.717) is 0 Å². The van der Waals surface area contributed by atoms with Crippen LogP contribution < -0.4 is 4.74 Å². The maximum absolute atomic E-state index is 10.8. The molecule has 0 atom stereocenters. The molecule has 0 aromatic heterocycles. The van der Waals surface area contributed by atoms with Gasteiger partial charge in [-0.15, -0.1) is 0 Å². The van der Waals surface area contributed by atoms with Gasteiger partial charge in [-0.3, -0.25) is 0 Å². The summed E-state index contributed by atoms with van der Waals surface area (Å²) in [6.07, 6.45) is 5.90. The van der Waals surface area contributed by atoms with Gasteiger partial charge in [0.25, 0.3) is 0 Å². The first-order valence-electron chi connectivity index (χ1n) is 6.80. The molecule has 1 fully saturated rings. The van der Waals surface area contributed by atoms with E-state index >= 15 is 0 Å². The Kier molecular flexibility index (Phi) is 3.77. The smallest absolute Gasteiger partial charge is 0.235 e. The van der Waals surface area contributed by atoms with Crippen LogP contribution in [-0.2, 0) is 10.3 Å². The SMILES string of the molecule is COc1c(C)cc(C2(N=C=O)CCCC2)c(C)c1C. The molecule has 2 rings (SSSR count). The normalized spacial score (nSPS) is 17.1. The number of benzene rings is 1. The summed E-state index contributed by atoms with van der Waals surface area (Å²) in [5, 5.41) is 0. The van der Waals surface area contributed by atoms with Gasteiger partial charge < -0.3 is 4.74 Å². The summed E-state index contributed by atoms with van der Waals surface area (Å²) >= 11 is 0. The molecule has 0 radical (unpaired) electrons. The average Bonchev–Trinajstić information content (AvgIpc) is 2.84. The van der Waals surface area contributed by atoms with E-state index in [0.717, 1.165) is 42.6 Å². The minimum Gasteiger partial charge on any atom is -0.496 e. The minimum absolute atomic E-state index is 0.354.